The highest BCUT2D eigenvalue weighted by Gasteiger charge is 2.31. The van der Waals surface area contributed by atoms with Gasteiger partial charge in [0.1, 0.15) is 6.33 Å². The molecule has 0 radical (unpaired) electrons. The lowest BCUT2D eigenvalue weighted by Gasteiger charge is -2.12. The molecule has 1 aromatic heterocycles. The van der Waals surface area contributed by atoms with Crippen LogP contribution in [0.1, 0.15) is 16.7 Å². The lowest BCUT2D eigenvalue weighted by molar-refractivity contribution is -0.137. The Kier molecular flexibility index (Phi) is 4.03. The van der Waals surface area contributed by atoms with Crippen LogP contribution in [0, 0.1) is 0 Å². The summed E-state index contributed by atoms with van der Waals surface area (Å²) < 4.78 is 40.6. The number of fused-ring (bicyclic) bond motifs is 1. The molecular weight excluding hydrogens is 365 g/mol. The lowest BCUT2D eigenvalue weighted by Crippen LogP contribution is -2.08. The molecule has 4 rings (SSSR count). The second-order valence-electron chi connectivity index (χ2n) is 5.95. The first kappa shape index (κ1) is 16.8. The second-order valence-corrected chi connectivity index (χ2v) is 6.35. The molecule has 4 nitrogen and oxygen atoms in total. The highest BCUT2D eigenvalue weighted by molar-refractivity contribution is 6.31. The quantitative estimate of drug-likeness (QED) is 0.651. The van der Waals surface area contributed by atoms with E-state index in [4.69, 9.17) is 11.6 Å². The number of hydrogen-bond acceptors (Lipinski definition) is 3. The zero-order valence-corrected chi connectivity index (χ0v) is 14.1. The molecule has 1 aliphatic heterocycles. The van der Waals surface area contributed by atoms with Crippen molar-refractivity contribution in [2.45, 2.75) is 19.1 Å². The van der Waals surface area contributed by atoms with Gasteiger partial charge >= 0.3 is 6.18 Å². The first-order valence-electron chi connectivity index (χ1n) is 7.81. The Bertz CT molecular complexity index is 1010. The van der Waals surface area contributed by atoms with Gasteiger partial charge in [0.05, 0.1) is 17.8 Å². The molecule has 8 heteroatoms. The minimum Gasteiger partial charge on any atom is -0.309 e. The lowest BCUT2D eigenvalue weighted by atomic mass is 10.1. The van der Waals surface area contributed by atoms with Crippen LogP contribution in [0.5, 0.6) is 0 Å². The number of alkyl halides is 3. The van der Waals surface area contributed by atoms with E-state index in [9.17, 15) is 13.2 Å². The topological polar surface area (TPSA) is 43.1 Å². The maximum absolute atomic E-state index is 13.0. The second kappa shape index (κ2) is 6.25. The standard InChI is InChI=1S/C18H12ClF3N4/c19-15-4-3-14(18(20,21)22)7-13(15)9-26-10-24-25-17(26)12-2-1-11-5-6-23-16(11)8-12/h1-4,6-8,10H,5,9H2. The van der Waals surface area contributed by atoms with Crippen LogP contribution in [0.3, 0.4) is 0 Å². The fourth-order valence-corrected chi connectivity index (χ4v) is 3.07. The van der Waals surface area contributed by atoms with Crippen molar-refractivity contribution in [3.05, 3.63) is 64.4 Å². The van der Waals surface area contributed by atoms with Crippen LogP contribution < -0.4 is 0 Å². The van der Waals surface area contributed by atoms with Crippen molar-refractivity contribution in [1.82, 2.24) is 14.8 Å². The van der Waals surface area contributed by atoms with Crippen molar-refractivity contribution < 1.29 is 13.2 Å². The fraction of sp³-hybridized carbons (Fsp3) is 0.167. The fourth-order valence-electron chi connectivity index (χ4n) is 2.89. The van der Waals surface area contributed by atoms with E-state index in [-0.39, 0.29) is 11.6 Å². The monoisotopic (exact) mass is 376 g/mol. The minimum absolute atomic E-state index is 0.130. The predicted molar refractivity (Wildman–Crippen MR) is 92.9 cm³/mol. The van der Waals surface area contributed by atoms with E-state index < -0.39 is 11.7 Å². The maximum atomic E-state index is 13.0. The highest BCUT2D eigenvalue weighted by atomic mass is 35.5. The zero-order valence-electron chi connectivity index (χ0n) is 13.3. The van der Waals surface area contributed by atoms with E-state index in [1.54, 1.807) is 4.57 Å². The van der Waals surface area contributed by atoms with Crippen LogP contribution in [0.4, 0.5) is 18.9 Å². The third-order valence-corrected chi connectivity index (χ3v) is 4.58. The minimum atomic E-state index is -4.42. The van der Waals surface area contributed by atoms with E-state index in [0.29, 0.717) is 11.4 Å². The number of halogens is 4. The summed E-state index contributed by atoms with van der Waals surface area (Å²) in [6.07, 6.45) is -0.320. The highest BCUT2D eigenvalue weighted by Crippen LogP contribution is 2.33. The molecule has 0 bridgehead atoms. The SMILES string of the molecule is FC(F)(F)c1ccc(Cl)c(Cn2cnnc2-c2ccc3c(c2)N=CC3)c1. The van der Waals surface area contributed by atoms with E-state index in [1.165, 1.54) is 12.4 Å². The summed E-state index contributed by atoms with van der Waals surface area (Å²) in [5.41, 5.74) is 2.40. The molecule has 26 heavy (non-hydrogen) atoms. The van der Waals surface area contributed by atoms with Crippen LogP contribution in [0.15, 0.2) is 47.7 Å². The third-order valence-electron chi connectivity index (χ3n) is 4.21. The molecule has 0 saturated heterocycles. The van der Waals surface area contributed by atoms with Gasteiger partial charge in [-0.05, 0) is 35.4 Å². The summed E-state index contributed by atoms with van der Waals surface area (Å²) in [6, 6.07) is 9.05. The van der Waals surface area contributed by atoms with Gasteiger partial charge in [-0.1, -0.05) is 23.7 Å². The summed E-state index contributed by atoms with van der Waals surface area (Å²) in [5, 5.41) is 8.26. The third kappa shape index (κ3) is 3.10. The Morgan fingerprint density at radius 3 is 2.77 bits per heavy atom. The van der Waals surface area contributed by atoms with Crippen molar-refractivity contribution in [1.29, 1.82) is 0 Å². The van der Waals surface area contributed by atoms with Gasteiger partial charge in [0.25, 0.3) is 0 Å². The average molecular weight is 377 g/mol. The summed E-state index contributed by atoms with van der Waals surface area (Å²) in [5.74, 6) is 0.545. The number of aromatic nitrogens is 3. The number of rotatable bonds is 3. The number of benzene rings is 2. The van der Waals surface area contributed by atoms with Crippen molar-refractivity contribution in [2.24, 2.45) is 4.99 Å². The molecule has 0 saturated carbocycles. The van der Waals surface area contributed by atoms with E-state index in [0.717, 1.165) is 35.4 Å². The summed E-state index contributed by atoms with van der Waals surface area (Å²) in [6.45, 7) is 0.130. The molecule has 0 aliphatic carbocycles. The Balaban J connectivity index is 1.69. The Morgan fingerprint density at radius 1 is 1.12 bits per heavy atom. The van der Waals surface area contributed by atoms with Gasteiger partial charge in [-0.25, -0.2) is 0 Å². The van der Waals surface area contributed by atoms with Crippen molar-refractivity contribution in [2.75, 3.05) is 0 Å². The Morgan fingerprint density at radius 2 is 1.96 bits per heavy atom. The predicted octanol–water partition coefficient (Wildman–Crippen LogP) is 4.92. The number of aliphatic imine (C=N–C) groups is 1. The van der Waals surface area contributed by atoms with Crippen LogP contribution in [-0.4, -0.2) is 21.0 Å². The molecule has 1 aliphatic rings. The molecule has 0 spiro atoms. The molecule has 2 aromatic carbocycles. The van der Waals surface area contributed by atoms with Gasteiger partial charge in [0.15, 0.2) is 5.82 Å². The summed E-state index contributed by atoms with van der Waals surface area (Å²) >= 11 is 6.10. The van der Waals surface area contributed by atoms with Crippen LogP contribution in [0.25, 0.3) is 11.4 Å². The first-order valence-corrected chi connectivity index (χ1v) is 8.19. The average Bonchev–Trinajstić information content (AvgIpc) is 3.24. The van der Waals surface area contributed by atoms with Gasteiger partial charge in [0.2, 0.25) is 0 Å². The number of nitrogens with zero attached hydrogens (tertiary/aromatic N) is 4. The molecule has 0 amide bonds. The van der Waals surface area contributed by atoms with Crippen molar-refractivity contribution in [3.63, 3.8) is 0 Å². The zero-order chi connectivity index (χ0) is 18.3. The molecule has 0 fully saturated rings. The molecule has 0 N–H and O–H groups in total. The summed E-state index contributed by atoms with van der Waals surface area (Å²) in [7, 11) is 0. The summed E-state index contributed by atoms with van der Waals surface area (Å²) in [4.78, 5) is 4.31. The first-order chi connectivity index (χ1) is 12.4. The molecule has 0 unspecified atom stereocenters. The Labute approximate surface area is 152 Å². The molecule has 0 atom stereocenters. The maximum Gasteiger partial charge on any atom is 0.416 e. The van der Waals surface area contributed by atoms with E-state index in [2.05, 4.69) is 15.2 Å². The van der Waals surface area contributed by atoms with Gasteiger partial charge < -0.3 is 4.57 Å². The molecule has 132 valence electrons. The van der Waals surface area contributed by atoms with E-state index >= 15 is 0 Å². The van der Waals surface area contributed by atoms with Gasteiger partial charge in [-0.15, -0.1) is 10.2 Å². The van der Waals surface area contributed by atoms with E-state index in [1.807, 2.05) is 24.4 Å². The van der Waals surface area contributed by atoms with Gasteiger partial charge in [0, 0.05) is 23.2 Å². The molecule has 2 heterocycles. The Hall–Kier alpha value is -2.67. The molecule has 3 aromatic rings. The normalized spacial score (nSPS) is 13.2. The smallest absolute Gasteiger partial charge is 0.309 e. The van der Waals surface area contributed by atoms with Crippen LogP contribution in [0.2, 0.25) is 5.02 Å². The van der Waals surface area contributed by atoms with Crippen molar-refractivity contribution >= 4 is 23.5 Å². The van der Waals surface area contributed by atoms with Crippen molar-refractivity contribution in [3.8, 4) is 11.4 Å². The molecular formula is C18H12ClF3N4. The van der Waals surface area contributed by atoms with Gasteiger partial charge in [-0.2, -0.15) is 13.2 Å². The van der Waals surface area contributed by atoms with Crippen LogP contribution >= 0.6 is 11.6 Å². The largest absolute Gasteiger partial charge is 0.416 e. The van der Waals surface area contributed by atoms with Gasteiger partial charge in [-0.3, -0.25) is 4.99 Å². The van der Waals surface area contributed by atoms with Crippen LogP contribution in [-0.2, 0) is 19.1 Å². The number of hydrogen-bond donors (Lipinski definition) is 0.